The van der Waals surface area contributed by atoms with Gasteiger partial charge < -0.3 is 0 Å². The van der Waals surface area contributed by atoms with Crippen LogP contribution < -0.4 is 0 Å². The van der Waals surface area contributed by atoms with Gasteiger partial charge in [-0.2, -0.15) is 4.39 Å². The molecule has 0 unspecified atom stereocenters. The van der Waals surface area contributed by atoms with E-state index < -0.39 is 16.4 Å². The Labute approximate surface area is 112 Å². The molecule has 0 atom stereocenters. The first-order valence-corrected chi connectivity index (χ1v) is 6.64. The molecule has 0 spiro atoms. The molecule has 0 saturated heterocycles. The summed E-state index contributed by atoms with van der Waals surface area (Å²) >= 11 is 0. The number of rotatable bonds is 6. The first-order valence-electron chi connectivity index (χ1n) is 6.64. The van der Waals surface area contributed by atoms with Gasteiger partial charge >= 0.3 is 5.69 Å². The molecule has 0 aliphatic heterocycles. The van der Waals surface area contributed by atoms with Gasteiger partial charge in [-0.05, 0) is 44.2 Å². The molecule has 2 rings (SSSR count). The Morgan fingerprint density at radius 1 is 1.47 bits per heavy atom. The van der Waals surface area contributed by atoms with Crippen LogP contribution in [0.25, 0.3) is 0 Å². The van der Waals surface area contributed by atoms with Crippen molar-refractivity contribution in [3.63, 3.8) is 0 Å². The second kappa shape index (κ2) is 5.65. The zero-order valence-corrected chi connectivity index (χ0v) is 11.3. The van der Waals surface area contributed by atoms with Gasteiger partial charge in [0, 0.05) is 25.2 Å². The van der Waals surface area contributed by atoms with Gasteiger partial charge in [-0.1, -0.05) is 6.07 Å². The van der Waals surface area contributed by atoms with Crippen molar-refractivity contribution in [2.24, 2.45) is 5.92 Å². The molecule has 1 fully saturated rings. The van der Waals surface area contributed by atoms with Crippen molar-refractivity contribution in [1.29, 1.82) is 0 Å². The number of benzene rings is 1. The second-order valence-corrected chi connectivity index (χ2v) is 5.51. The van der Waals surface area contributed by atoms with Gasteiger partial charge in [0.15, 0.2) is 0 Å². The summed E-state index contributed by atoms with van der Waals surface area (Å²) < 4.78 is 13.6. The molecular weight excluding hydrogens is 247 g/mol. The molecule has 4 nitrogen and oxygen atoms in total. The zero-order chi connectivity index (χ0) is 14.0. The first kappa shape index (κ1) is 13.9. The van der Waals surface area contributed by atoms with Crippen LogP contribution in [0.3, 0.4) is 0 Å². The highest BCUT2D eigenvalue weighted by atomic mass is 19.1. The first-order chi connectivity index (χ1) is 8.97. The van der Waals surface area contributed by atoms with Crippen molar-refractivity contribution in [1.82, 2.24) is 4.90 Å². The van der Waals surface area contributed by atoms with Gasteiger partial charge in [0.05, 0.1) is 4.92 Å². The van der Waals surface area contributed by atoms with Crippen molar-refractivity contribution in [3.05, 3.63) is 39.7 Å². The molecule has 5 heteroatoms. The van der Waals surface area contributed by atoms with Crippen LogP contribution in [0, 0.1) is 21.8 Å². The lowest BCUT2D eigenvalue weighted by atomic mass is 10.1. The zero-order valence-electron chi connectivity index (χ0n) is 11.3. The number of nitro groups is 1. The van der Waals surface area contributed by atoms with Crippen molar-refractivity contribution in [2.75, 3.05) is 6.54 Å². The Kier molecular flexibility index (Phi) is 4.14. The van der Waals surface area contributed by atoms with Crippen molar-refractivity contribution < 1.29 is 9.31 Å². The summed E-state index contributed by atoms with van der Waals surface area (Å²) in [4.78, 5) is 12.2. The third kappa shape index (κ3) is 3.73. The normalized spacial score (nSPS) is 15.2. The summed E-state index contributed by atoms with van der Waals surface area (Å²) in [7, 11) is 0. The molecule has 1 aliphatic rings. The molecule has 1 saturated carbocycles. The average molecular weight is 266 g/mol. The fourth-order valence-corrected chi connectivity index (χ4v) is 2.12. The third-order valence-corrected chi connectivity index (χ3v) is 3.51. The van der Waals surface area contributed by atoms with E-state index in [0.29, 0.717) is 12.6 Å². The van der Waals surface area contributed by atoms with Crippen LogP contribution in [0.4, 0.5) is 10.1 Å². The fraction of sp³-hybridized carbons (Fsp3) is 0.571. The summed E-state index contributed by atoms with van der Waals surface area (Å²) in [5.41, 5.74) is 0.333. The average Bonchev–Trinajstić information content (AvgIpc) is 3.11. The Morgan fingerprint density at radius 2 is 2.16 bits per heavy atom. The highest BCUT2D eigenvalue weighted by molar-refractivity contribution is 5.35. The number of halogens is 1. The van der Waals surface area contributed by atoms with Gasteiger partial charge in [-0.3, -0.25) is 15.0 Å². The van der Waals surface area contributed by atoms with E-state index in [4.69, 9.17) is 0 Å². The Balaban J connectivity index is 2.07. The Morgan fingerprint density at radius 3 is 2.63 bits per heavy atom. The van der Waals surface area contributed by atoms with Crippen LogP contribution in [0.15, 0.2) is 18.2 Å². The predicted octanol–water partition coefficient (Wildman–Crippen LogP) is 3.35. The Bertz CT molecular complexity index is 473. The molecular formula is C14H19FN2O2. The van der Waals surface area contributed by atoms with E-state index in [1.807, 2.05) is 0 Å². The maximum atomic E-state index is 13.6. The summed E-state index contributed by atoms with van der Waals surface area (Å²) in [6, 6.07) is 4.56. The number of hydrogen-bond acceptors (Lipinski definition) is 3. The summed E-state index contributed by atoms with van der Waals surface area (Å²) in [6.45, 7) is 5.90. The molecule has 0 radical (unpaired) electrons. The largest absolute Gasteiger partial charge is 0.304 e. The van der Waals surface area contributed by atoms with Crippen LogP contribution in [0.5, 0.6) is 0 Å². The quantitative estimate of drug-likeness (QED) is 0.586. The number of hydrogen-bond donors (Lipinski definition) is 0. The van der Waals surface area contributed by atoms with Crippen molar-refractivity contribution in [2.45, 2.75) is 39.3 Å². The molecule has 0 heterocycles. The summed E-state index contributed by atoms with van der Waals surface area (Å²) in [5, 5.41) is 10.6. The highest BCUT2D eigenvalue weighted by Gasteiger charge is 2.25. The van der Waals surface area contributed by atoms with Crippen molar-refractivity contribution in [3.8, 4) is 0 Å². The predicted molar refractivity (Wildman–Crippen MR) is 71.3 cm³/mol. The van der Waals surface area contributed by atoms with E-state index in [-0.39, 0.29) is 0 Å². The molecule has 104 valence electrons. The molecule has 1 aromatic carbocycles. The monoisotopic (exact) mass is 266 g/mol. The fourth-order valence-electron chi connectivity index (χ4n) is 2.12. The molecule has 19 heavy (non-hydrogen) atoms. The van der Waals surface area contributed by atoms with Crippen LogP contribution >= 0.6 is 0 Å². The van der Waals surface area contributed by atoms with Crippen LogP contribution in [-0.4, -0.2) is 22.4 Å². The standard InChI is InChI=1S/C14H19FN2O2/c1-10(2)16(8-11-3-4-11)9-12-5-6-14(17(18)19)13(15)7-12/h5-7,10-11H,3-4,8-9H2,1-2H3. The minimum Gasteiger partial charge on any atom is -0.296 e. The summed E-state index contributed by atoms with van der Waals surface area (Å²) in [6.07, 6.45) is 2.55. The molecule has 0 N–H and O–H groups in total. The lowest BCUT2D eigenvalue weighted by molar-refractivity contribution is -0.387. The van der Waals surface area contributed by atoms with Crippen molar-refractivity contribution >= 4 is 5.69 Å². The van der Waals surface area contributed by atoms with E-state index in [1.54, 1.807) is 6.07 Å². The SMILES string of the molecule is CC(C)N(Cc1ccc([N+](=O)[O-])c(F)c1)CC1CC1. The smallest absolute Gasteiger partial charge is 0.296 e. The van der Waals surface area contributed by atoms with E-state index >= 15 is 0 Å². The summed E-state index contributed by atoms with van der Waals surface area (Å²) in [5.74, 6) is 0.0166. The molecule has 0 bridgehead atoms. The maximum absolute atomic E-state index is 13.6. The van der Waals surface area contributed by atoms with Crippen LogP contribution in [0.2, 0.25) is 0 Å². The third-order valence-electron chi connectivity index (χ3n) is 3.51. The van der Waals surface area contributed by atoms with E-state index in [2.05, 4.69) is 18.7 Å². The van der Waals surface area contributed by atoms with E-state index in [9.17, 15) is 14.5 Å². The topological polar surface area (TPSA) is 46.4 Å². The molecule has 1 aromatic rings. The minimum absolute atomic E-state index is 0.388. The maximum Gasteiger partial charge on any atom is 0.304 e. The van der Waals surface area contributed by atoms with E-state index in [0.717, 1.165) is 18.0 Å². The van der Waals surface area contributed by atoms with Gasteiger partial charge in [0.25, 0.3) is 0 Å². The highest BCUT2D eigenvalue weighted by Crippen LogP contribution is 2.31. The molecule has 0 aromatic heterocycles. The van der Waals surface area contributed by atoms with Crippen LogP contribution in [0.1, 0.15) is 32.3 Å². The van der Waals surface area contributed by atoms with Crippen LogP contribution in [-0.2, 0) is 6.54 Å². The van der Waals surface area contributed by atoms with Gasteiger partial charge in [-0.15, -0.1) is 0 Å². The molecule has 0 amide bonds. The molecule has 1 aliphatic carbocycles. The van der Waals surface area contributed by atoms with Gasteiger partial charge in [0.2, 0.25) is 5.82 Å². The minimum atomic E-state index is -0.752. The lowest BCUT2D eigenvalue weighted by Gasteiger charge is -2.26. The van der Waals surface area contributed by atoms with Gasteiger partial charge in [0.1, 0.15) is 0 Å². The number of nitro benzene ring substituents is 1. The Hall–Kier alpha value is -1.49. The second-order valence-electron chi connectivity index (χ2n) is 5.51. The number of nitrogens with zero attached hydrogens (tertiary/aromatic N) is 2. The van der Waals surface area contributed by atoms with Gasteiger partial charge in [-0.25, -0.2) is 0 Å². The van der Waals surface area contributed by atoms with E-state index in [1.165, 1.54) is 25.0 Å². The lowest BCUT2D eigenvalue weighted by Crippen LogP contribution is -2.32.